The van der Waals surface area contributed by atoms with Crippen LogP contribution in [0.25, 0.3) is 0 Å². The molecule has 32 heavy (non-hydrogen) atoms. The minimum absolute atomic E-state index is 0.0422. The standard InChI is InChI=1S/C28H39NO3/c1-19-16-23-24(28(4,5)13-12-27(23,2)3)18-20(19)17-22-9-10-25(32-22)26(31)29-14-7-6-8-21(29)11-15-30/h9-10,16,18,21,30H,6-8,11-15,17H2,1-5H3. The lowest BCUT2D eigenvalue weighted by Gasteiger charge is -2.42. The molecule has 4 rings (SSSR count). The molecular weight excluding hydrogens is 398 g/mol. The first kappa shape index (κ1) is 23.1. The van der Waals surface area contributed by atoms with Crippen molar-refractivity contribution < 1.29 is 14.3 Å². The molecule has 4 heteroatoms. The fraction of sp³-hybridized carbons (Fsp3) is 0.607. The Hall–Kier alpha value is -2.07. The average molecular weight is 438 g/mol. The predicted molar refractivity (Wildman–Crippen MR) is 128 cm³/mol. The van der Waals surface area contributed by atoms with Gasteiger partial charge in [-0.05, 0) is 90.7 Å². The number of fused-ring (bicyclic) bond motifs is 1. The van der Waals surface area contributed by atoms with Gasteiger partial charge in [-0.25, -0.2) is 0 Å². The van der Waals surface area contributed by atoms with E-state index in [4.69, 9.17) is 4.42 Å². The van der Waals surface area contributed by atoms with Gasteiger partial charge in [0.05, 0.1) is 0 Å². The molecule has 2 heterocycles. The van der Waals surface area contributed by atoms with Crippen molar-refractivity contribution in [2.75, 3.05) is 13.2 Å². The summed E-state index contributed by atoms with van der Waals surface area (Å²) in [5.74, 6) is 1.21. The molecule has 1 aromatic heterocycles. The Kier molecular flexibility index (Phi) is 6.28. The number of nitrogens with zero attached hydrogens (tertiary/aromatic N) is 1. The van der Waals surface area contributed by atoms with E-state index in [-0.39, 0.29) is 29.4 Å². The quantitative estimate of drug-likeness (QED) is 0.633. The second-order valence-electron chi connectivity index (χ2n) is 11.2. The van der Waals surface area contributed by atoms with Crippen molar-refractivity contribution in [3.63, 3.8) is 0 Å². The summed E-state index contributed by atoms with van der Waals surface area (Å²) in [6.45, 7) is 12.5. The highest BCUT2D eigenvalue weighted by atomic mass is 16.4. The first-order chi connectivity index (χ1) is 15.1. The fourth-order valence-corrected chi connectivity index (χ4v) is 5.59. The lowest BCUT2D eigenvalue weighted by atomic mass is 9.62. The van der Waals surface area contributed by atoms with Crippen molar-refractivity contribution >= 4 is 5.91 Å². The molecule has 1 aliphatic heterocycles. The zero-order chi connectivity index (χ0) is 23.1. The van der Waals surface area contributed by atoms with Crippen LogP contribution in [0, 0.1) is 6.92 Å². The minimum atomic E-state index is -0.0422. The number of likely N-dealkylation sites (tertiary alicyclic amines) is 1. The summed E-state index contributed by atoms with van der Waals surface area (Å²) < 4.78 is 6.07. The SMILES string of the molecule is Cc1cc2c(cc1Cc1ccc(C(=O)N3CCCCC3CCO)o1)C(C)(C)CCC2(C)C. The van der Waals surface area contributed by atoms with Crippen LogP contribution >= 0.6 is 0 Å². The molecule has 4 nitrogen and oxygen atoms in total. The molecule has 2 aromatic rings. The van der Waals surface area contributed by atoms with Gasteiger partial charge in [-0.3, -0.25) is 4.79 Å². The number of piperidine rings is 1. The van der Waals surface area contributed by atoms with Crippen LogP contribution in [-0.2, 0) is 17.3 Å². The van der Waals surface area contributed by atoms with Crippen molar-refractivity contribution in [1.82, 2.24) is 4.90 Å². The summed E-state index contributed by atoms with van der Waals surface area (Å²) in [7, 11) is 0. The van der Waals surface area contributed by atoms with Gasteiger partial charge in [-0.2, -0.15) is 0 Å². The zero-order valence-corrected chi connectivity index (χ0v) is 20.5. The summed E-state index contributed by atoms with van der Waals surface area (Å²) in [5.41, 5.74) is 5.88. The summed E-state index contributed by atoms with van der Waals surface area (Å²) in [6, 6.07) is 8.66. The molecule has 1 fully saturated rings. The largest absolute Gasteiger partial charge is 0.456 e. The van der Waals surface area contributed by atoms with Crippen molar-refractivity contribution in [3.8, 4) is 0 Å². The Bertz CT molecular complexity index is 983. The number of aryl methyl sites for hydroxylation is 1. The Morgan fingerprint density at radius 3 is 2.47 bits per heavy atom. The third-order valence-corrected chi connectivity index (χ3v) is 7.90. The van der Waals surface area contributed by atoms with E-state index in [9.17, 15) is 9.90 Å². The normalized spacial score (nSPS) is 21.9. The first-order valence-corrected chi connectivity index (χ1v) is 12.3. The molecule has 174 valence electrons. The smallest absolute Gasteiger partial charge is 0.289 e. The topological polar surface area (TPSA) is 53.7 Å². The average Bonchev–Trinajstić information content (AvgIpc) is 3.21. The van der Waals surface area contributed by atoms with Gasteiger partial charge in [0.1, 0.15) is 5.76 Å². The Balaban J connectivity index is 1.57. The molecule has 0 spiro atoms. The molecular formula is C28H39NO3. The second kappa shape index (κ2) is 8.70. The van der Waals surface area contributed by atoms with E-state index in [0.717, 1.165) is 31.6 Å². The lowest BCUT2D eigenvalue weighted by molar-refractivity contribution is 0.0541. The summed E-state index contributed by atoms with van der Waals surface area (Å²) in [4.78, 5) is 15.0. The molecule has 0 radical (unpaired) electrons. The number of hydrogen-bond acceptors (Lipinski definition) is 3. The second-order valence-corrected chi connectivity index (χ2v) is 11.2. The van der Waals surface area contributed by atoms with E-state index in [1.807, 2.05) is 17.0 Å². The number of rotatable bonds is 5. The highest BCUT2D eigenvalue weighted by molar-refractivity contribution is 5.91. The molecule has 1 saturated heterocycles. The van der Waals surface area contributed by atoms with Gasteiger partial charge in [0.2, 0.25) is 0 Å². The Morgan fingerprint density at radius 1 is 1.09 bits per heavy atom. The number of aliphatic hydroxyl groups excluding tert-OH is 1. The number of amides is 1. The number of furan rings is 1. The number of benzene rings is 1. The fourth-order valence-electron chi connectivity index (χ4n) is 5.59. The van der Waals surface area contributed by atoms with Crippen LogP contribution in [0.1, 0.15) is 105 Å². The molecule has 1 N–H and O–H groups in total. The third kappa shape index (κ3) is 4.39. The van der Waals surface area contributed by atoms with Crippen LogP contribution in [0.4, 0.5) is 0 Å². The maximum Gasteiger partial charge on any atom is 0.289 e. The van der Waals surface area contributed by atoms with Crippen LogP contribution in [0.2, 0.25) is 0 Å². The van der Waals surface area contributed by atoms with Crippen molar-refractivity contribution in [1.29, 1.82) is 0 Å². The monoisotopic (exact) mass is 437 g/mol. The van der Waals surface area contributed by atoms with Gasteiger partial charge in [0, 0.05) is 25.6 Å². The zero-order valence-electron chi connectivity index (χ0n) is 20.5. The van der Waals surface area contributed by atoms with E-state index in [2.05, 4.69) is 46.8 Å². The van der Waals surface area contributed by atoms with E-state index < -0.39 is 0 Å². The first-order valence-electron chi connectivity index (χ1n) is 12.3. The molecule has 1 amide bonds. The van der Waals surface area contributed by atoms with Crippen LogP contribution in [-0.4, -0.2) is 35.1 Å². The predicted octanol–water partition coefficient (Wildman–Crippen LogP) is 5.90. The highest BCUT2D eigenvalue weighted by Crippen LogP contribution is 2.46. The molecule has 2 aliphatic rings. The minimum Gasteiger partial charge on any atom is -0.456 e. The van der Waals surface area contributed by atoms with Gasteiger partial charge >= 0.3 is 0 Å². The number of carbonyl (C=O) groups is 1. The molecule has 1 aromatic carbocycles. The maximum absolute atomic E-state index is 13.1. The number of carbonyl (C=O) groups excluding carboxylic acids is 1. The highest BCUT2D eigenvalue weighted by Gasteiger charge is 2.37. The number of hydrogen-bond donors (Lipinski definition) is 1. The molecule has 0 bridgehead atoms. The molecule has 1 aliphatic carbocycles. The van der Waals surface area contributed by atoms with Gasteiger partial charge in [-0.1, -0.05) is 39.8 Å². The summed E-state index contributed by atoms with van der Waals surface area (Å²) >= 11 is 0. The summed E-state index contributed by atoms with van der Waals surface area (Å²) in [5, 5.41) is 9.37. The maximum atomic E-state index is 13.1. The third-order valence-electron chi connectivity index (χ3n) is 7.90. The van der Waals surface area contributed by atoms with Gasteiger partial charge in [0.15, 0.2) is 5.76 Å². The van der Waals surface area contributed by atoms with Crippen molar-refractivity contribution in [2.45, 2.75) is 96.4 Å². The van der Waals surface area contributed by atoms with Gasteiger partial charge in [-0.15, -0.1) is 0 Å². The van der Waals surface area contributed by atoms with E-state index in [1.54, 1.807) is 0 Å². The molecule has 1 atom stereocenters. The van der Waals surface area contributed by atoms with E-state index in [1.165, 1.54) is 35.1 Å². The van der Waals surface area contributed by atoms with E-state index in [0.29, 0.717) is 18.6 Å². The van der Waals surface area contributed by atoms with E-state index >= 15 is 0 Å². The number of aliphatic hydroxyl groups is 1. The molecule has 1 unspecified atom stereocenters. The van der Waals surface area contributed by atoms with Crippen molar-refractivity contribution in [3.05, 3.63) is 58.0 Å². The van der Waals surface area contributed by atoms with Crippen LogP contribution in [0.3, 0.4) is 0 Å². The van der Waals surface area contributed by atoms with Crippen molar-refractivity contribution in [2.24, 2.45) is 0 Å². The van der Waals surface area contributed by atoms with Crippen LogP contribution < -0.4 is 0 Å². The summed E-state index contributed by atoms with van der Waals surface area (Å²) in [6.07, 6.45) is 6.83. The Morgan fingerprint density at radius 2 is 1.78 bits per heavy atom. The van der Waals surface area contributed by atoms with Gasteiger partial charge in [0.25, 0.3) is 5.91 Å². The molecule has 0 saturated carbocycles. The Labute approximate surface area is 193 Å². The van der Waals surface area contributed by atoms with Gasteiger partial charge < -0.3 is 14.4 Å². The van der Waals surface area contributed by atoms with Crippen LogP contribution in [0.15, 0.2) is 28.7 Å². The van der Waals surface area contributed by atoms with Crippen LogP contribution in [0.5, 0.6) is 0 Å². The lowest BCUT2D eigenvalue weighted by Crippen LogP contribution is -2.44.